The van der Waals surface area contributed by atoms with Gasteiger partial charge < -0.3 is 16.0 Å². The van der Waals surface area contributed by atoms with Gasteiger partial charge in [-0.3, -0.25) is 0 Å². The second kappa shape index (κ2) is 5.29. The molecule has 2 aromatic rings. The summed E-state index contributed by atoms with van der Waals surface area (Å²) in [6.07, 6.45) is 2.37. The summed E-state index contributed by atoms with van der Waals surface area (Å²) in [5.41, 5.74) is 8.43. The average Bonchev–Trinajstić information content (AvgIpc) is 2.67. The lowest BCUT2D eigenvalue weighted by Gasteiger charge is -2.13. The van der Waals surface area contributed by atoms with Gasteiger partial charge >= 0.3 is 0 Å². The quantitative estimate of drug-likeness (QED) is 0.708. The van der Waals surface area contributed by atoms with E-state index in [-0.39, 0.29) is 0 Å². The summed E-state index contributed by atoms with van der Waals surface area (Å²) in [5, 5.41) is 3.40. The third-order valence-electron chi connectivity index (χ3n) is 3.07. The van der Waals surface area contributed by atoms with Crippen LogP contribution < -0.4 is 11.1 Å². The van der Waals surface area contributed by atoms with Crippen LogP contribution in [-0.2, 0) is 0 Å². The Morgan fingerprint density at radius 3 is 2.78 bits per heavy atom. The Balaban J connectivity index is 2.03. The first-order valence-electron chi connectivity index (χ1n) is 6.56. The number of nitrogens with zero attached hydrogens (tertiary/aromatic N) is 1. The first-order chi connectivity index (χ1) is 8.54. The summed E-state index contributed by atoms with van der Waals surface area (Å²) >= 11 is 0. The first-order valence-corrected chi connectivity index (χ1v) is 6.56. The van der Waals surface area contributed by atoms with Crippen LogP contribution in [0, 0.1) is 5.92 Å². The molecule has 18 heavy (non-hydrogen) atoms. The van der Waals surface area contributed by atoms with Gasteiger partial charge in [0.15, 0.2) is 0 Å². The second-order valence-corrected chi connectivity index (χ2v) is 5.38. The number of benzene rings is 1. The highest BCUT2D eigenvalue weighted by molar-refractivity contribution is 5.80. The van der Waals surface area contributed by atoms with E-state index in [1.165, 1.54) is 6.42 Å². The van der Waals surface area contributed by atoms with Crippen LogP contribution in [0.2, 0.25) is 0 Å². The Morgan fingerprint density at radius 1 is 1.28 bits per heavy atom. The minimum Gasteiger partial charge on any atom is -0.399 e. The fourth-order valence-corrected chi connectivity index (χ4v) is 1.98. The third-order valence-corrected chi connectivity index (χ3v) is 3.07. The van der Waals surface area contributed by atoms with Gasteiger partial charge in [0, 0.05) is 11.7 Å². The van der Waals surface area contributed by atoms with Gasteiger partial charge in [-0.15, -0.1) is 0 Å². The molecule has 2 rings (SSSR count). The summed E-state index contributed by atoms with van der Waals surface area (Å²) in [7, 11) is 0. The molecule has 1 aromatic carbocycles. The van der Waals surface area contributed by atoms with Gasteiger partial charge in [0.25, 0.3) is 0 Å². The standard InChI is InChI=1S/C14H22N4/c1-9(2)4-5-10(3)16-14-17-12-7-6-11(15)8-13(12)18-14/h6-10H,4-5,15H2,1-3H3,(H2,16,17,18). The predicted octanol–water partition coefficient (Wildman–Crippen LogP) is 3.38. The smallest absolute Gasteiger partial charge is 0.201 e. The molecular formula is C14H22N4. The van der Waals surface area contributed by atoms with Crippen molar-refractivity contribution in [2.45, 2.75) is 39.7 Å². The topological polar surface area (TPSA) is 66.7 Å². The number of aromatic amines is 1. The van der Waals surface area contributed by atoms with Crippen LogP contribution >= 0.6 is 0 Å². The molecule has 1 aromatic heterocycles. The monoisotopic (exact) mass is 246 g/mol. The molecule has 4 heteroatoms. The maximum atomic E-state index is 5.75. The van der Waals surface area contributed by atoms with Crippen LogP contribution in [0.1, 0.15) is 33.6 Å². The van der Waals surface area contributed by atoms with Crippen LogP contribution in [0.3, 0.4) is 0 Å². The molecule has 0 aliphatic heterocycles. The number of hydrogen-bond acceptors (Lipinski definition) is 3. The van der Waals surface area contributed by atoms with Gasteiger partial charge in [0.05, 0.1) is 11.0 Å². The van der Waals surface area contributed by atoms with Crippen molar-refractivity contribution in [1.29, 1.82) is 0 Å². The molecule has 98 valence electrons. The van der Waals surface area contributed by atoms with Crippen LogP contribution in [0.25, 0.3) is 11.0 Å². The number of anilines is 2. The number of rotatable bonds is 5. The predicted molar refractivity (Wildman–Crippen MR) is 77.7 cm³/mol. The van der Waals surface area contributed by atoms with Crippen molar-refractivity contribution in [1.82, 2.24) is 9.97 Å². The van der Waals surface area contributed by atoms with E-state index in [2.05, 4.69) is 36.1 Å². The Hall–Kier alpha value is -1.71. The molecule has 0 amide bonds. The van der Waals surface area contributed by atoms with E-state index in [1.54, 1.807) is 0 Å². The highest BCUT2D eigenvalue weighted by atomic mass is 15.1. The molecule has 4 nitrogen and oxygen atoms in total. The lowest BCUT2D eigenvalue weighted by Crippen LogP contribution is -2.16. The number of H-pyrrole nitrogens is 1. The molecule has 0 bridgehead atoms. The van der Waals surface area contributed by atoms with E-state index < -0.39 is 0 Å². The van der Waals surface area contributed by atoms with Crippen molar-refractivity contribution >= 4 is 22.7 Å². The Kier molecular flexibility index (Phi) is 3.75. The summed E-state index contributed by atoms with van der Waals surface area (Å²) in [6.45, 7) is 6.68. The van der Waals surface area contributed by atoms with E-state index in [4.69, 9.17) is 5.73 Å². The van der Waals surface area contributed by atoms with Gasteiger partial charge in [0.2, 0.25) is 5.95 Å². The molecule has 0 fully saturated rings. The molecule has 0 aliphatic carbocycles. The number of hydrogen-bond donors (Lipinski definition) is 3. The van der Waals surface area contributed by atoms with Gasteiger partial charge in [-0.2, -0.15) is 0 Å². The van der Waals surface area contributed by atoms with E-state index in [0.717, 1.165) is 35.0 Å². The first kappa shape index (κ1) is 12.7. The molecule has 0 spiro atoms. The van der Waals surface area contributed by atoms with Gasteiger partial charge in [-0.05, 0) is 43.9 Å². The SMILES string of the molecule is CC(C)CCC(C)Nc1nc2ccc(N)cc2[nH]1. The Labute approximate surface area is 108 Å². The third kappa shape index (κ3) is 3.15. The molecule has 0 saturated carbocycles. The fraction of sp³-hybridized carbons (Fsp3) is 0.500. The zero-order chi connectivity index (χ0) is 13.1. The van der Waals surface area contributed by atoms with Crippen LogP contribution in [0.5, 0.6) is 0 Å². The Bertz CT molecular complexity index is 515. The Morgan fingerprint density at radius 2 is 2.06 bits per heavy atom. The minimum absolute atomic E-state index is 0.422. The van der Waals surface area contributed by atoms with Crippen LogP contribution in [0.4, 0.5) is 11.6 Å². The number of aromatic nitrogens is 2. The van der Waals surface area contributed by atoms with Crippen molar-refractivity contribution in [2.75, 3.05) is 11.1 Å². The van der Waals surface area contributed by atoms with Crippen molar-refractivity contribution in [3.8, 4) is 0 Å². The molecule has 0 aliphatic rings. The molecule has 1 heterocycles. The molecule has 0 saturated heterocycles. The van der Waals surface area contributed by atoms with Crippen molar-refractivity contribution < 1.29 is 0 Å². The summed E-state index contributed by atoms with van der Waals surface area (Å²) in [6, 6.07) is 6.14. The molecule has 1 atom stereocenters. The largest absolute Gasteiger partial charge is 0.399 e. The summed E-state index contributed by atoms with van der Waals surface area (Å²) in [4.78, 5) is 7.75. The zero-order valence-electron chi connectivity index (χ0n) is 11.3. The number of fused-ring (bicyclic) bond motifs is 1. The number of nitrogens with two attached hydrogens (primary N) is 1. The second-order valence-electron chi connectivity index (χ2n) is 5.38. The normalized spacial score (nSPS) is 13.1. The molecule has 4 N–H and O–H groups in total. The number of nitrogen functional groups attached to an aromatic ring is 1. The van der Waals surface area contributed by atoms with E-state index in [9.17, 15) is 0 Å². The summed E-state index contributed by atoms with van der Waals surface area (Å²) < 4.78 is 0. The highest BCUT2D eigenvalue weighted by Crippen LogP contribution is 2.18. The van der Waals surface area contributed by atoms with Gasteiger partial charge in [-0.1, -0.05) is 13.8 Å². The maximum Gasteiger partial charge on any atom is 0.201 e. The van der Waals surface area contributed by atoms with E-state index in [1.807, 2.05) is 18.2 Å². The van der Waals surface area contributed by atoms with Gasteiger partial charge in [-0.25, -0.2) is 4.98 Å². The van der Waals surface area contributed by atoms with Gasteiger partial charge in [0.1, 0.15) is 0 Å². The van der Waals surface area contributed by atoms with Crippen LogP contribution in [0.15, 0.2) is 18.2 Å². The fourth-order valence-electron chi connectivity index (χ4n) is 1.98. The number of imidazole rings is 1. The lowest BCUT2D eigenvalue weighted by atomic mass is 10.0. The van der Waals surface area contributed by atoms with Crippen LogP contribution in [-0.4, -0.2) is 16.0 Å². The molecule has 0 radical (unpaired) electrons. The van der Waals surface area contributed by atoms with Crippen molar-refractivity contribution in [3.05, 3.63) is 18.2 Å². The van der Waals surface area contributed by atoms with Crippen molar-refractivity contribution in [3.63, 3.8) is 0 Å². The molecular weight excluding hydrogens is 224 g/mol. The average molecular weight is 246 g/mol. The summed E-state index contributed by atoms with van der Waals surface area (Å²) in [5.74, 6) is 1.57. The zero-order valence-corrected chi connectivity index (χ0v) is 11.3. The minimum atomic E-state index is 0.422. The lowest BCUT2D eigenvalue weighted by molar-refractivity contribution is 0.526. The highest BCUT2D eigenvalue weighted by Gasteiger charge is 2.07. The number of nitrogens with one attached hydrogen (secondary N) is 2. The maximum absolute atomic E-state index is 5.75. The molecule has 1 unspecified atom stereocenters. The van der Waals surface area contributed by atoms with E-state index in [0.29, 0.717) is 6.04 Å². The van der Waals surface area contributed by atoms with Crippen molar-refractivity contribution in [2.24, 2.45) is 5.92 Å². The van der Waals surface area contributed by atoms with E-state index >= 15 is 0 Å².